The van der Waals surface area contributed by atoms with Gasteiger partial charge in [0.15, 0.2) is 0 Å². The van der Waals surface area contributed by atoms with E-state index in [0.717, 1.165) is 11.6 Å². The molecule has 4 nitrogen and oxygen atoms in total. The van der Waals surface area contributed by atoms with Gasteiger partial charge in [0.05, 0.1) is 11.6 Å². The van der Waals surface area contributed by atoms with Gasteiger partial charge in [0, 0.05) is 5.56 Å². The highest BCUT2D eigenvalue weighted by Gasteiger charge is 2.15. The number of esters is 1. The van der Waals surface area contributed by atoms with Crippen LogP contribution < -0.4 is 4.74 Å². The molecule has 3 rings (SSSR count). The predicted octanol–water partition coefficient (Wildman–Crippen LogP) is 4.77. The van der Waals surface area contributed by atoms with Crippen LogP contribution in [-0.4, -0.2) is 5.97 Å². The summed E-state index contributed by atoms with van der Waals surface area (Å²) in [5.41, 5.74) is 1.28. The Kier molecular flexibility index (Phi) is 5.97. The molecule has 0 unspecified atom stereocenters. The van der Waals surface area contributed by atoms with E-state index in [2.05, 4.69) is 0 Å². The molecule has 0 radical (unpaired) electrons. The third-order valence-electron chi connectivity index (χ3n) is 3.96. The van der Waals surface area contributed by atoms with Crippen molar-refractivity contribution >= 4 is 5.97 Å². The molecule has 0 N–H and O–H groups in total. The Morgan fingerprint density at radius 3 is 2.43 bits per heavy atom. The van der Waals surface area contributed by atoms with Crippen molar-refractivity contribution in [1.29, 1.82) is 5.26 Å². The van der Waals surface area contributed by atoms with Gasteiger partial charge >= 0.3 is 5.97 Å². The smallest absolute Gasteiger partial charge is 0.342 e. The lowest BCUT2D eigenvalue weighted by Crippen LogP contribution is -2.09. The Morgan fingerprint density at radius 2 is 1.71 bits per heavy atom. The van der Waals surface area contributed by atoms with Gasteiger partial charge in [0.1, 0.15) is 36.2 Å². The van der Waals surface area contributed by atoms with Gasteiger partial charge in [-0.3, -0.25) is 0 Å². The van der Waals surface area contributed by atoms with Gasteiger partial charge in [-0.15, -0.1) is 0 Å². The minimum absolute atomic E-state index is 0.148. The van der Waals surface area contributed by atoms with Crippen molar-refractivity contribution in [3.05, 3.63) is 101 Å². The van der Waals surface area contributed by atoms with Crippen LogP contribution >= 0.6 is 0 Å². The van der Waals surface area contributed by atoms with Crippen LogP contribution in [0.25, 0.3) is 0 Å². The normalized spacial score (nSPS) is 10.2. The molecule has 0 aliphatic rings. The standard InChI is InChI=1S/C22H15F2NO3/c23-18-9-6-15(7-10-18)13-27-21-4-2-1-3-19(21)22(26)28-14-17-8-5-16(12-25)11-20(17)24/h1-11H,13-14H2. The monoisotopic (exact) mass is 379 g/mol. The molecule has 0 bridgehead atoms. The number of hydrogen-bond acceptors (Lipinski definition) is 4. The summed E-state index contributed by atoms with van der Waals surface area (Å²) >= 11 is 0. The SMILES string of the molecule is N#Cc1ccc(COC(=O)c2ccccc2OCc2ccc(F)cc2)c(F)c1. The summed E-state index contributed by atoms with van der Waals surface area (Å²) in [7, 11) is 0. The summed E-state index contributed by atoms with van der Waals surface area (Å²) in [4.78, 5) is 12.4. The van der Waals surface area contributed by atoms with E-state index in [1.54, 1.807) is 30.3 Å². The van der Waals surface area contributed by atoms with Gasteiger partial charge in [-0.25, -0.2) is 13.6 Å². The second kappa shape index (κ2) is 8.78. The lowest BCUT2D eigenvalue weighted by molar-refractivity contribution is 0.0464. The number of ether oxygens (including phenoxy) is 2. The molecular weight excluding hydrogens is 364 g/mol. The molecule has 0 heterocycles. The van der Waals surface area contributed by atoms with Crippen molar-refractivity contribution in [2.45, 2.75) is 13.2 Å². The first-order valence-corrected chi connectivity index (χ1v) is 8.39. The Balaban J connectivity index is 1.67. The quantitative estimate of drug-likeness (QED) is 0.579. The maximum Gasteiger partial charge on any atom is 0.342 e. The molecule has 0 saturated heterocycles. The van der Waals surface area contributed by atoms with Crippen LogP contribution in [0.3, 0.4) is 0 Å². The largest absolute Gasteiger partial charge is 0.488 e. The van der Waals surface area contributed by atoms with Crippen LogP contribution in [0.5, 0.6) is 5.75 Å². The molecule has 0 aliphatic heterocycles. The number of hydrogen-bond donors (Lipinski definition) is 0. The summed E-state index contributed by atoms with van der Waals surface area (Å²) in [6.45, 7) is -0.127. The molecule has 0 aromatic heterocycles. The van der Waals surface area contributed by atoms with E-state index in [1.165, 1.54) is 30.3 Å². The lowest BCUT2D eigenvalue weighted by Gasteiger charge is -2.12. The number of carbonyl (C=O) groups is 1. The molecule has 0 amide bonds. The van der Waals surface area contributed by atoms with E-state index in [4.69, 9.17) is 14.7 Å². The number of para-hydroxylation sites is 1. The van der Waals surface area contributed by atoms with Gasteiger partial charge in [-0.1, -0.05) is 30.3 Å². The molecule has 0 saturated carbocycles. The fraction of sp³-hybridized carbons (Fsp3) is 0.0909. The molecule has 140 valence electrons. The molecule has 0 fully saturated rings. The molecular formula is C22H15F2NO3. The Labute approximate surface area is 160 Å². The number of carbonyl (C=O) groups excluding carboxylic acids is 1. The zero-order valence-electron chi connectivity index (χ0n) is 14.7. The molecule has 3 aromatic rings. The van der Waals surface area contributed by atoms with E-state index < -0.39 is 11.8 Å². The first-order valence-electron chi connectivity index (χ1n) is 8.39. The molecule has 0 atom stereocenters. The summed E-state index contributed by atoms with van der Waals surface area (Å²) in [6.07, 6.45) is 0. The van der Waals surface area contributed by atoms with Crippen molar-refractivity contribution in [3.8, 4) is 11.8 Å². The lowest BCUT2D eigenvalue weighted by atomic mass is 10.1. The van der Waals surface area contributed by atoms with E-state index in [-0.39, 0.29) is 35.7 Å². The van der Waals surface area contributed by atoms with Crippen LogP contribution in [-0.2, 0) is 18.0 Å². The number of nitrogens with zero attached hydrogens (tertiary/aromatic N) is 1. The predicted molar refractivity (Wildman–Crippen MR) is 97.4 cm³/mol. The van der Waals surface area contributed by atoms with Crippen LogP contribution in [0.4, 0.5) is 8.78 Å². The zero-order valence-corrected chi connectivity index (χ0v) is 14.7. The fourth-order valence-corrected chi connectivity index (χ4v) is 2.46. The average Bonchev–Trinajstić information content (AvgIpc) is 2.72. The minimum atomic E-state index is -0.668. The highest BCUT2D eigenvalue weighted by Crippen LogP contribution is 2.21. The average molecular weight is 379 g/mol. The first kappa shape index (κ1) is 19.1. The third-order valence-corrected chi connectivity index (χ3v) is 3.96. The van der Waals surface area contributed by atoms with Crippen LogP contribution in [0.1, 0.15) is 27.0 Å². The first-order chi connectivity index (χ1) is 13.6. The molecule has 3 aromatic carbocycles. The topological polar surface area (TPSA) is 59.3 Å². The Bertz CT molecular complexity index is 1030. The van der Waals surface area contributed by atoms with Crippen molar-refractivity contribution in [2.24, 2.45) is 0 Å². The van der Waals surface area contributed by atoms with Crippen LogP contribution in [0.15, 0.2) is 66.7 Å². The summed E-state index contributed by atoms with van der Waals surface area (Å²) in [6, 6.07) is 18.1. The molecule has 0 spiro atoms. The number of nitriles is 1. The van der Waals surface area contributed by atoms with Crippen molar-refractivity contribution in [2.75, 3.05) is 0 Å². The maximum atomic E-state index is 13.9. The van der Waals surface area contributed by atoms with Crippen molar-refractivity contribution in [3.63, 3.8) is 0 Å². The Morgan fingerprint density at radius 1 is 0.964 bits per heavy atom. The summed E-state index contributed by atoms with van der Waals surface area (Å²) in [5, 5.41) is 8.76. The van der Waals surface area contributed by atoms with Crippen LogP contribution in [0.2, 0.25) is 0 Å². The molecule has 6 heteroatoms. The van der Waals surface area contributed by atoms with E-state index in [1.807, 2.05) is 6.07 Å². The summed E-state index contributed by atoms with van der Waals surface area (Å²) in [5.74, 6) is -1.33. The number of rotatable bonds is 6. The zero-order chi connectivity index (χ0) is 19.9. The molecule has 28 heavy (non-hydrogen) atoms. The second-order valence-corrected chi connectivity index (χ2v) is 5.91. The number of halogens is 2. The molecule has 0 aliphatic carbocycles. The van der Waals surface area contributed by atoms with Gasteiger partial charge < -0.3 is 9.47 Å². The Hall–Kier alpha value is -3.72. The maximum absolute atomic E-state index is 13.9. The van der Waals surface area contributed by atoms with Gasteiger partial charge in [-0.2, -0.15) is 5.26 Å². The minimum Gasteiger partial charge on any atom is -0.488 e. The van der Waals surface area contributed by atoms with Crippen molar-refractivity contribution in [1.82, 2.24) is 0 Å². The van der Waals surface area contributed by atoms with Gasteiger partial charge in [0.2, 0.25) is 0 Å². The van der Waals surface area contributed by atoms with E-state index in [0.29, 0.717) is 5.75 Å². The highest BCUT2D eigenvalue weighted by molar-refractivity contribution is 5.92. The third kappa shape index (κ3) is 4.71. The van der Waals surface area contributed by atoms with Gasteiger partial charge in [0.25, 0.3) is 0 Å². The fourth-order valence-electron chi connectivity index (χ4n) is 2.46. The summed E-state index contributed by atoms with van der Waals surface area (Å²) < 4.78 is 37.7. The second-order valence-electron chi connectivity index (χ2n) is 5.91. The number of benzene rings is 3. The van der Waals surface area contributed by atoms with Crippen molar-refractivity contribution < 1.29 is 23.0 Å². The highest BCUT2D eigenvalue weighted by atomic mass is 19.1. The van der Waals surface area contributed by atoms with Crippen LogP contribution in [0, 0.1) is 23.0 Å². The van der Waals surface area contributed by atoms with E-state index >= 15 is 0 Å². The van der Waals surface area contributed by atoms with E-state index in [9.17, 15) is 13.6 Å². The van der Waals surface area contributed by atoms with Gasteiger partial charge in [-0.05, 0) is 42.0 Å².